The van der Waals surface area contributed by atoms with Crippen LogP contribution in [0.2, 0.25) is 0 Å². The van der Waals surface area contributed by atoms with Gasteiger partial charge in [0.15, 0.2) is 11.0 Å². The lowest BCUT2D eigenvalue weighted by atomic mass is 10.1. The topological polar surface area (TPSA) is 91.1 Å². The SMILES string of the molecule is Cc1ccccc1-n1c(=O)c2ccccc2n2c(SCc3nc(CC(C)C)no3)nnc12. The van der Waals surface area contributed by atoms with Crippen molar-refractivity contribution in [2.75, 3.05) is 0 Å². The first kappa shape index (κ1) is 20.4. The fraction of sp³-hybridized carbons (Fsp3) is 0.261. The molecule has 9 heteroatoms. The third-order valence-corrected chi connectivity index (χ3v) is 6.09. The molecular weight excluding hydrogens is 424 g/mol. The van der Waals surface area contributed by atoms with Gasteiger partial charge in [0.1, 0.15) is 0 Å². The van der Waals surface area contributed by atoms with Crippen LogP contribution in [0.3, 0.4) is 0 Å². The maximum atomic E-state index is 13.4. The molecule has 0 bridgehead atoms. The minimum absolute atomic E-state index is 0.124. The van der Waals surface area contributed by atoms with E-state index < -0.39 is 0 Å². The molecule has 0 N–H and O–H groups in total. The highest BCUT2D eigenvalue weighted by molar-refractivity contribution is 7.98. The van der Waals surface area contributed by atoms with Gasteiger partial charge < -0.3 is 4.52 Å². The van der Waals surface area contributed by atoms with Crippen LogP contribution < -0.4 is 5.56 Å². The van der Waals surface area contributed by atoms with E-state index in [0.29, 0.717) is 39.7 Å². The molecule has 0 spiro atoms. The third kappa shape index (κ3) is 3.58. The van der Waals surface area contributed by atoms with Crippen molar-refractivity contribution < 1.29 is 4.52 Å². The van der Waals surface area contributed by atoms with Crippen LogP contribution in [0.15, 0.2) is 63.0 Å². The fourth-order valence-electron chi connectivity index (χ4n) is 3.73. The van der Waals surface area contributed by atoms with Gasteiger partial charge in [0.05, 0.1) is 22.3 Å². The molecule has 0 unspecified atom stereocenters. The van der Waals surface area contributed by atoms with Crippen LogP contribution in [0, 0.1) is 12.8 Å². The van der Waals surface area contributed by atoms with Gasteiger partial charge in [-0.1, -0.05) is 61.1 Å². The average Bonchev–Trinajstić information content (AvgIpc) is 3.40. The number of hydrogen-bond donors (Lipinski definition) is 0. The van der Waals surface area contributed by atoms with E-state index in [1.54, 1.807) is 4.57 Å². The summed E-state index contributed by atoms with van der Waals surface area (Å²) in [6.07, 6.45) is 0.773. The molecule has 5 aromatic rings. The molecule has 0 aliphatic heterocycles. The van der Waals surface area contributed by atoms with Crippen molar-refractivity contribution in [3.63, 3.8) is 0 Å². The predicted molar refractivity (Wildman–Crippen MR) is 123 cm³/mol. The number of nitrogens with zero attached hydrogens (tertiary/aromatic N) is 6. The second-order valence-electron chi connectivity index (χ2n) is 8.05. The van der Waals surface area contributed by atoms with E-state index in [1.165, 1.54) is 11.8 Å². The van der Waals surface area contributed by atoms with Gasteiger partial charge in [-0.3, -0.25) is 9.20 Å². The molecule has 0 radical (unpaired) electrons. The van der Waals surface area contributed by atoms with E-state index in [-0.39, 0.29) is 5.56 Å². The second-order valence-corrected chi connectivity index (χ2v) is 9.00. The van der Waals surface area contributed by atoms with Crippen LogP contribution in [-0.2, 0) is 12.2 Å². The summed E-state index contributed by atoms with van der Waals surface area (Å²) in [6, 6.07) is 15.3. The van der Waals surface area contributed by atoms with Crippen molar-refractivity contribution in [2.24, 2.45) is 5.92 Å². The quantitative estimate of drug-likeness (QED) is 0.361. The first-order valence-corrected chi connectivity index (χ1v) is 11.4. The molecule has 0 amide bonds. The molecule has 0 aliphatic rings. The molecule has 0 saturated heterocycles. The largest absolute Gasteiger partial charge is 0.338 e. The summed E-state index contributed by atoms with van der Waals surface area (Å²) in [6.45, 7) is 6.21. The van der Waals surface area contributed by atoms with Crippen molar-refractivity contribution in [3.8, 4) is 5.69 Å². The fourth-order valence-corrected chi connectivity index (χ4v) is 4.50. The molecule has 162 valence electrons. The molecule has 0 atom stereocenters. The maximum Gasteiger partial charge on any atom is 0.267 e. The van der Waals surface area contributed by atoms with Gasteiger partial charge in [-0.05, 0) is 36.6 Å². The Balaban J connectivity index is 1.62. The Bertz CT molecular complexity index is 1480. The summed E-state index contributed by atoms with van der Waals surface area (Å²) in [7, 11) is 0. The molecule has 0 aliphatic carbocycles. The zero-order chi connectivity index (χ0) is 22.2. The summed E-state index contributed by atoms with van der Waals surface area (Å²) in [4.78, 5) is 17.9. The minimum atomic E-state index is -0.124. The molecular formula is C23H22N6O2S. The summed E-state index contributed by atoms with van der Waals surface area (Å²) >= 11 is 1.45. The van der Waals surface area contributed by atoms with Gasteiger partial charge in [0, 0.05) is 6.42 Å². The Morgan fingerprint density at radius 3 is 2.66 bits per heavy atom. The van der Waals surface area contributed by atoms with E-state index in [2.05, 4.69) is 34.2 Å². The van der Waals surface area contributed by atoms with Crippen LogP contribution >= 0.6 is 11.8 Å². The molecule has 2 aromatic carbocycles. The molecule has 3 heterocycles. The lowest BCUT2D eigenvalue weighted by Gasteiger charge is -2.13. The van der Waals surface area contributed by atoms with Crippen molar-refractivity contribution in [3.05, 3.63) is 76.2 Å². The summed E-state index contributed by atoms with van der Waals surface area (Å²) in [5.41, 5.74) is 2.40. The smallest absolute Gasteiger partial charge is 0.267 e. The molecule has 0 saturated carbocycles. The number of para-hydroxylation sites is 2. The number of fused-ring (bicyclic) bond motifs is 3. The average molecular weight is 447 g/mol. The van der Waals surface area contributed by atoms with E-state index in [9.17, 15) is 4.79 Å². The van der Waals surface area contributed by atoms with Crippen molar-refractivity contribution in [1.82, 2.24) is 29.3 Å². The molecule has 8 nitrogen and oxygen atoms in total. The first-order valence-electron chi connectivity index (χ1n) is 10.4. The van der Waals surface area contributed by atoms with Gasteiger partial charge in [0.2, 0.25) is 11.7 Å². The number of benzene rings is 2. The zero-order valence-corrected chi connectivity index (χ0v) is 18.8. The molecule has 5 rings (SSSR count). The monoisotopic (exact) mass is 446 g/mol. The summed E-state index contributed by atoms with van der Waals surface area (Å²) in [5, 5.41) is 14.1. The van der Waals surface area contributed by atoms with Gasteiger partial charge >= 0.3 is 0 Å². The molecule has 0 fully saturated rings. The Kier molecular flexibility index (Phi) is 5.26. The number of rotatable bonds is 6. The second kappa shape index (κ2) is 8.23. The van der Waals surface area contributed by atoms with Crippen LogP contribution in [0.4, 0.5) is 0 Å². The lowest BCUT2D eigenvalue weighted by molar-refractivity contribution is 0.382. The summed E-state index contributed by atoms with van der Waals surface area (Å²) in [5.74, 6) is 2.64. The minimum Gasteiger partial charge on any atom is -0.338 e. The lowest BCUT2D eigenvalue weighted by Crippen LogP contribution is -2.22. The third-order valence-electron chi connectivity index (χ3n) is 5.18. The Labute approximate surface area is 188 Å². The Morgan fingerprint density at radius 2 is 1.84 bits per heavy atom. The Morgan fingerprint density at radius 1 is 1.06 bits per heavy atom. The van der Waals surface area contributed by atoms with Crippen LogP contribution in [0.1, 0.15) is 31.1 Å². The first-order chi connectivity index (χ1) is 15.5. The van der Waals surface area contributed by atoms with Crippen LogP contribution in [-0.4, -0.2) is 29.3 Å². The molecule has 3 aromatic heterocycles. The van der Waals surface area contributed by atoms with Gasteiger partial charge in [-0.2, -0.15) is 4.98 Å². The number of thioether (sulfide) groups is 1. The number of hydrogen-bond acceptors (Lipinski definition) is 7. The van der Waals surface area contributed by atoms with Crippen molar-refractivity contribution in [1.29, 1.82) is 0 Å². The highest BCUT2D eigenvalue weighted by Crippen LogP contribution is 2.26. The van der Waals surface area contributed by atoms with Gasteiger partial charge in [0.25, 0.3) is 5.56 Å². The van der Waals surface area contributed by atoms with Crippen LogP contribution in [0.5, 0.6) is 0 Å². The van der Waals surface area contributed by atoms with E-state index >= 15 is 0 Å². The normalized spacial score (nSPS) is 11.8. The van der Waals surface area contributed by atoms with Crippen molar-refractivity contribution in [2.45, 2.75) is 38.1 Å². The van der Waals surface area contributed by atoms with Crippen LogP contribution in [0.25, 0.3) is 22.4 Å². The molecule has 32 heavy (non-hydrogen) atoms. The Hall–Kier alpha value is -3.46. The highest BCUT2D eigenvalue weighted by Gasteiger charge is 2.19. The predicted octanol–water partition coefficient (Wildman–Crippen LogP) is 4.22. The number of aromatic nitrogens is 6. The maximum absolute atomic E-state index is 13.4. The van der Waals surface area contributed by atoms with Crippen molar-refractivity contribution >= 4 is 28.4 Å². The zero-order valence-electron chi connectivity index (χ0n) is 18.0. The standard InChI is InChI=1S/C23H22N6O2S/c1-14(2)12-19-24-20(31-27-19)13-32-23-26-25-22-28(17-10-6-4-8-15(17)3)21(30)16-9-5-7-11-18(16)29(22)23/h4-11,14H,12-13H2,1-3H3. The van der Waals surface area contributed by atoms with E-state index in [4.69, 9.17) is 4.52 Å². The van der Waals surface area contributed by atoms with E-state index in [0.717, 1.165) is 23.2 Å². The van der Waals surface area contributed by atoms with E-state index in [1.807, 2.05) is 59.9 Å². The van der Waals surface area contributed by atoms with Gasteiger partial charge in [-0.15, -0.1) is 10.2 Å². The summed E-state index contributed by atoms with van der Waals surface area (Å²) < 4.78 is 8.94. The number of aryl methyl sites for hydroxylation is 1. The highest BCUT2D eigenvalue weighted by atomic mass is 32.2. The van der Waals surface area contributed by atoms with Gasteiger partial charge in [-0.25, -0.2) is 4.57 Å².